The summed E-state index contributed by atoms with van der Waals surface area (Å²) in [6.07, 6.45) is 4.54. The molecule has 0 radical (unpaired) electrons. The molecule has 1 rings (SSSR count). The van der Waals surface area contributed by atoms with Gasteiger partial charge in [0.1, 0.15) is 0 Å². The molecule has 0 saturated carbocycles. The highest BCUT2D eigenvalue weighted by Gasteiger charge is 2.29. The Morgan fingerprint density at radius 2 is 2.05 bits per heavy atom. The number of piperidine rings is 1. The summed E-state index contributed by atoms with van der Waals surface area (Å²) >= 11 is 0. The van der Waals surface area contributed by atoms with Crippen LogP contribution in [0.2, 0.25) is 0 Å². The van der Waals surface area contributed by atoms with Crippen LogP contribution in [0.5, 0.6) is 0 Å². The Bertz CT molecular complexity index is 329. The number of aliphatic carboxylic acids is 1. The van der Waals surface area contributed by atoms with Crippen molar-refractivity contribution in [2.45, 2.75) is 70.9 Å². The van der Waals surface area contributed by atoms with Crippen molar-refractivity contribution >= 4 is 12.0 Å². The van der Waals surface area contributed by atoms with Crippen LogP contribution in [0.4, 0.5) is 4.79 Å². The normalized spacial score (nSPS) is 20.2. The number of hydrogen-bond acceptors (Lipinski definition) is 2. The van der Waals surface area contributed by atoms with Gasteiger partial charge in [-0.15, -0.1) is 0 Å². The molecule has 1 saturated heterocycles. The molecule has 19 heavy (non-hydrogen) atoms. The van der Waals surface area contributed by atoms with Gasteiger partial charge in [0, 0.05) is 24.5 Å². The molecule has 1 heterocycles. The largest absolute Gasteiger partial charge is 0.481 e. The molecule has 0 spiro atoms. The van der Waals surface area contributed by atoms with Gasteiger partial charge in [0.25, 0.3) is 0 Å². The predicted octanol–water partition coefficient (Wildman–Crippen LogP) is 2.60. The summed E-state index contributed by atoms with van der Waals surface area (Å²) in [5.74, 6) is -0.792. The second-order valence-electron chi connectivity index (χ2n) is 5.94. The molecule has 2 N–H and O–H groups in total. The summed E-state index contributed by atoms with van der Waals surface area (Å²) in [6.45, 7) is 6.77. The second-order valence-corrected chi connectivity index (χ2v) is 5.94. The molecule has 1 atom stereocenters. The minimum absolute atomic E-state index is 0.0538. The van der Waals surface area contributed by atoms with Crippen molar-refractivity contribution in [3.8, 4) is 0 Å². The van der Waals surface area contributed by atoms with Crippen LogP contribution in [-0.2, 0) is 4.79 Å². The maximum atomic E-state index is 12.3. The second kappa shape index (κ2) is 6.78. The van der Waals surface area contributed by atoms with E-state index in [4.69, 9.17) is 5.11 Å². The van der Waals surface area contributed by atoms with Gasteiger partial charge in [0.05, 0.1) is 0 Å². The molecule has 1 aliphatic heterocycles. The fourth-order valence-electron chi connectivity index (χ4n) is 2.31. The number of carbonyl (C=O) groups is 2. The third-order valence-electron chi connectivity index (χ3n) is 3.91. The van der Waals surface area contributed by atoms with Gasteiger partial charge in [-0.05, 0) is 46.0 Å². The average Bonchev–Trinajstić information content (AvgIpc) is 2.36. The third kappa shape index (κ3) is 5.09. The number of hydrogen-bond donors (Lipinski definition) is 2. The van der Waals surface area contributed by atoms with Crippen LogP contribution in [-0.4, -0.2) is 40.1 Å². The quantitative estimate of drug-likeness (QED) is 0.806. The molecular formula is C14H26N2O3. The first kappa shape index (κ1) is 15.8. The van der Waals surface area contributed by atoms with Crippen LogP contribution in [0.3, 0.4) is 0 Å². The van der Waals surface area contributed by atoms with Crippen LogP contribution < -0.4 is 5.32 Å². The van der Waals surface area contributed by atoms with Crippen molar-refractivity contribution in [2.24, 2.45) is 0 Å². The highest BCUT2D eigenvalue weighted by Crippen LogP contribution is 2.22. The number of likely N-dealkylation sites (tertiary alicyclic amines) is 1. The van der Waals surface area contributed by atoms with Crippen molar-refractivity contribution in [1.82, 2.24) is 10.2 Å². The number of carboxylic acids is 1. The van der Waals surface area contributed by atoms with Crippen molar-refractivity contribution in [3.63, 3.8) is 0 Å². The van der Waals surface area contributed by atoms with Crippen LogP contribution in [0.1, 0.15) is 59.3 Å². The van der Waals surface area contributed by atoms with Gasteiger partial charge in [0.15, 0.2) is 0 Å². The Balaban J connectivity index is 2.60. The molecule has 5 heteroatoms. The topological polar surface area (TPSA) is 69.6 Å². The van der Waals surface area contributed by atoms with E-state index in [1.165, 1.54) is 0 Å². The lowest BCUT2D eigenvalue weighted by molar-refractivity contribution is -0.137. The third-order valence-corrected chi connectivity index (χ3v) is 3.91. The number of carbonyl (C=O) groups excluding carboxylic acids is 1. The molecule has 0 bridgehead atoms. The van der Waals surface area contributed by atoms with E-state index in [1.54, 1.807) is 0 Å². The Hall–Kier alpha value is -1.26. The molecule has 1 fully saturated rings. The Morgan fingerprint density at radius 1 is 1.37 bits per heavy atom. The summed E-state index contributed by atoms with van der Waals surface area (Å²) < 4.78 is 0. The fraction of sp³-hybridized carbons (Fsp3) is 0.857. The molecule has 0 aromatic heterocycles. The minimum Gasteiger partial charge on any atom is -0.481 e. The van der Waals surface area contributed by atoms with Crippen molar-refractivity contribution in [1.29, 1.82) is 0 Å². The van der Waals surface area contributed by atoms with Gasteiger partial charge in [-0.25, -0.2) is 4.79 Å². The lowest BCUT2D eigenvalue weighted by Gasteiger charge is -2.38. The van der Waals surface area contributed by atoms with Gasteiger partial charge < -0.3 is 15.3 Å². The minimum atomic E-state index is -0.792. The smallest absolute Gasteiger partial charge is 0.318 e. The van der Waals surface area contributed by atoms with E-state index in [2.05, 4.69) is 5.32 Å². The number of urea groups is 1. The van der Waals surface area contributed by atoms with Gasteiger partial charge in [0.2, 0.25) is 0 Å². The highest BCUT2D eigenvalue weighted by molar-refractivity contribution is 5.75. The molecule has 0 aromatic carbocycles. The van der Waals surface area contributed by atoms with E-state index >= 15 is 0 Å². The van der Waals surface area contributed by atoms with Crippen molar-refractivity contribution in [2.75, 3.05) is 6.54 Å². The molecule has 5 nitrogen and oxygen atoms in total. The van der Waals surface area contributed by atoms with E-state index in [0.29, 0.717) is 6.42 Å². The number of amides is 2. The Labute approximate surface area is 115 Å². The van der Waals surface area contributed by atoms with E-state index in [1.807, 2.05) is 25.7 Å². The molecular weight excluding hydrogens is 244 g/mol. The molecule has 1 aliphatic rings. The molecule has 2 amide bonds. The summed E-state index contributed by atoms with van der Waals surface area (Å²) in [6, 6.07) is 0.0134. The maximum absolute atomic E-state index is 12.3. The number of carboxylic acid groups (broad SMARTS) is 1. The van der Waals surface area contributed by atoms with Gasteiger partial charge >= 0.3 is 12.0 Å². The van der Waals surface area contributed by atoms with Crippen LogP contribution in [0.25, 0.3) is 0 Å². The van der Waals surface area contributed by atoms with Crippen molar-refractivity contribution in [3.05, 3.63) is 0 Å². The first-order valence-corrected chi connectivity index (χ1v) is 7.16. The monoisotopic (exact) mass is 270 g/mol. The zero-order chi connectivity index (χ0) is 14.5. The van der Waals surface area contributed by atoms with Crippen molar-refractivity contribution < 1.29 is 14.7 Å². The van der Waals surface area contributed by atoms with E-state index in [0.717, 1.165) is 32.2 Å². The van der Waals surface area contributed by atoms with Gasteiger partial charge in [-0.2, -0.15) is 0 Å². The van der Waals surface area contributed by atoms with Crippen LogP contribution in [0.15, 0.2) is 0 Å². The number of nitrogens with zero attached hydrogens (tertiary/aromatic N) is 1. The van der Waals surface area contributed by atoms with Crippen LogP contribution >= 0.6 is 0 Å². The Kier molecular flexibility index (Phi) is 5.63. The summed E-state index contributed by atoms with van der Waals surface area (Å²) in [7, 11) is 0. The molecule has 0 aliphatic carbocycles. The highest BCUT2D eigenvalue weighted by atomic mass is 16.4. The van der Waals surface area contributed by atoms with Crippen LogP contribution in [0, 0.1) is 0 Å². The van der Waals surface area contributed by atoms with Gasteiger partial charge in [-0.1, -0.05) is 6.92 Å². The Morgan fingerprint density at radius 3 is 2.63 bits per heavy atom. The molecule has 1 unspecified atom stereocenters. The number of nitrogens with one attached hydrogen (secondary N) is 1. The first-order chi connectivity index (χ1) is 8.85. The SMILES string of the molecule is CCC(C)(C)NC(=O)N1CCCCC1CCC(=O)O. The first-order valence-electron chi connectivity index (χ1n) is 7.16. The summed E-state index contributed by atoms with van der Waals surface area (Å²) in [5.41, 5.74) is -0.216. The predicted molar refractivity (Wildman–Crippen MR) is 74.1 cm³/mol. The van der Waals surface area contributed by atoms with E-state index in [-0.39, 0.29) is 24.0 Å². The zero-order valence-electron chi connectivity index (χ0n) is 12.2. The molecule has 110 valence electrons. The lowest BCUT2D eigenvalue weighted by Crippen LogP contribution is -2.54. The van der Waals surface area contributed by atoms with E-state index in [9.17, 15) is 9.59 Å². The maximum Gasteiger partial charge on any atom is 0.318 e. The number of rotatable bonds is 5. The van der Waals surface area contributed by atoms with E-state index < -0.39 is 5.97 Å². The van der Waals surface area contributed by atoms with Gasteiger partial charge in [-0.3, -0.25) is 4.79 Å². The lowest BCUT2D eigenvalue weighted by atomic mass is 9.97. The summed E-state index contributed by atoms with van der Waals surface area (Å²) in [5, 5.41) is 11.8. The zero-order valence-corrected chi connectivity index (χ0v) is 12.2. The standard InChI is InChI=1S/C14H26N2O3/c1-4-14(2,3)15-13(19)16-10-6-5-7-11(16)8-9-12(17)18/h11H,4-10H2,1-3H3,(H,15,19)(H,17,18). The molecule has 0 aromatic rings. The fourth-order valence-corrected chi connectivity index (χ4v) is 2.31. The average molecular weight is 270 g/mol. The summed E-state index contributed by atoms with van der Waals surface area (Å²) in [4.78, 5) is 24.8.